The molecule has 0 aliphatic heterocycles. The summed E-state index contributed by atoms with van der Waals surface area (Å²) in [5, 5.41) is 0. The van der Waals surface area contributed by atoms with Crippen LogP contribution in [0.4, 0.5) is 0 Å². The third kappa shape index (κ3) is 4.21. The van der Waals surface area contributed by atoms with Crippen LogP contribution in [0.2, 0.25) is 0 Å². The predicted molar refractivity (Wildman–Crippen MR) is 80.0 cm³/mol. The highest BCUT2D eigenvalue weighted by atomic mass is 79.9. The first-order chi connectivity index (χ1) is 8.45. The highest BCUT2D eigenvalue weighted by Gasteiger charge is 2.21. The molecule has 1 aromatic rings. The molecule has 1 unspecified atom stereocenters. The quantitative estimate of drug-likeness (QED) is 0.740. The first-order valence-electron chi connectivity index (χ1n) is 6.49. The monoisotopic (exact) mass is 311 g/mol. The second-order valence-corrected chi connectivity index (χ2v) is 5.94. The van der Waals surface area contributed by atoms with Crippen LogP contribution in [0.15, 0.2) is 28.7 Å². The van der Waals surface area contributed by atoms with E-state index in [9.17, 15) is 4.79 Å². The van der Waals surface area contributed by atoms with Gasteiger partial charge >= 0.3 is 0 Å². The fourth-order valence-electron chi connectivity index (χ4n) is 2.05. The van der Waals surface area contributed by atoms with Gasteiger partial charge in [0.25, 0.3) is 0 Å². The van der Waals surface area contributed by atoms with Crippen LogP contribution in [0.25, 0.3) is 0 Å². The summed E-state index contributed by atoms with van der Waals surface area (Å²) in [5.74, 6) is 0.773. The van der Waals surface area contributed by atoms with Crippen molar-refractivity contribution in [1.29, 1.82) is 0 Å². The Morgan fingerprint density at radius 1 is 1.22 bits per heavy atom. The summed E-state index contributed by atoms with van der Waals surface area (Å²) in [7, 11) is 0. The summed E-state index contributed by atoms with van der Waals surface area (Å²) in [6, 6.07) is 7.54. The fraction of sp³-hybridized carbons (Fsp3) is 0.533. The molecule has 100 valence electrons. The van der Waals surface area contributed by atoms with Gasteiger partial charge in [0, 0.05) is 16.6 Å². The number of Topliss-reactive ketones (excluding diaryl/α,β-unsaturated/α-hetero) is 1. The molecule has 0 bridgehead atoms. The van der Waals surface area contributed by atoms with Gasteiger partial charge in [-0.3, -0.25) is 9.69 Å². The topological polar surface area (TPSA) is 20.3 Å². The van der Waals surface area contributed by atoms with E-state index >= 15 is 0 Å². The van der Waals surface area contributed by atoms with Crippen molar-refractivity contribution in [2.45, 2.75) is 33.7 Å². The zero-order valence-electron chi connectivity index (χ0n) is 11.6. The number of likely N-dealkylation sites (N-methyl/N-ethyl adjacent to an activating group) is 1. The normalized spacial score (nSPS) is 13.1. The molecule has 0 heterocycles. The van der Waals surface area contributed by atoms with Crippen LogP contribution < -0.4 is 0 Å². The van der Waals surface area contributed by atoms with E-state index in [1.54, 1.807) is 0 Å². The first kappa shape index (κ1) is 15.4. The molecule has 18 heavy (non-hydrogen) atoms. The summed E-state index contributed by atoms with van der Waals surface area (Å²) < 4.78 is 1.00. The van der Waals surface area contributed by atoms with E-state index < -0.39 is 0 Å². The molecular weight excluding hydrogens is 290 g/mol. The van der Waals surface area contributed by atoms with E-state index in [1.165, 1.54) is 0 Å². The molecular formula is C15H22BrNO. The lowest BCUT2D eigenvalue weighted by Gasteiger charge is -2.28. The van der Waals surface area contributed by atoms with Crippen molar-refractivity contribution in [3.8, 4) is 0 Å². The van der Waals surface area contributed by atoms with Gasteiger partial charge in [0.2, 0.25) is 0 Å². The van der Waals surface area contributed by atoms with Gasteiger partial charge in [-0.1, -0.05) is 48.8 Å². The number of hydrogen-bond acceptors (Lipinski definition) is 2. The molecule has 2 nitrogen and oxygen atoms in total. The van der Waals surface area contributed by atoms with Crippen molar-refractivity contribution in [1.82, 2.24) is 4.90 Å². The molecule has 0 radical (unpaired) electrons. The Balaban J connectivity index is 2.78. The maximum Gasteiger partial charge on any atom is 0.179 e. The van der Waals surface area contributed by atoms with Crippen molar-refractivity contribution in [2.75, 3.05) is 13.1 Å². The highest BCUT2D eigenvalue weighted by Crippen LogP contribution is 2.14. The zero-order valence-corrected chi connectivity index (χ0v) is 13.2. The van der Waals surface area contributed by atoms with Crippen LogP contribution in [0.1, 0.15) is 38.1 Å². The number of benzene rings is 1. The SMILES string of the molecule is CCN(CC(C)C)C(C)C(=O)c1ccc(Br)cc1. The van der Waals surface area contributed by atoms with Gasteiger partial charge in [-0.2, -0.15) is 0 Å². The molecule has 3 heteroatoms. The summed E-state index contributed by atoms with van der Waals surface area (Å²) in [4.78, 5) is 14.6. The third-order valence-electron chi connectivity index (χ3n) is 3.06. The number of carbonyl (C=O) groups is 1. The number of ketones is 1. The van der Waals surface area contributed by atoms with Gasteiger partial charge in [-0.15, -0.1) is 0 Å². The van der Waals surface area contributed by atoms with E-state index in [-0.39, 0.29) is 11.8 Å². The minimum atomic E-state index is -0.0569. The molecule has 0 aromatic heterocycles. The van der Waals surface area contributed by atoms with E-state index in [0.717, 1.165) is 23.1 Å². The molecule has 1 aromatic carbocycles. The van der Waals surface area contributed by atoms with Crippen LogP contribution in [-0.4, -0.2) is 29.8 Å². The van der Waals surface area contributed by atoms with E-state index in [0.29, 0.717) is 5.92 Å². The Hall–Kier alpha value is -0.670. The minimum Gasteiger partial charge on any atom is -0.294 e. The minimum absolute atomic E-state index is 0.0569. The molecule has 0 amide bonds. The molecule has 1 atom stereocenters. The van der Waals surface area contributed by atoms with Gasteiger partial charge in [-0.25, -0.2) is 0 Å². The average molecular weight is 312 g/mol. The second-order valence-electron chi connectivity index (χ2n) is 5.03. The van der Waals surface area contributed by atoms with Crippen molar-refractivity contribution in [3.05, 3.63) is 34.3 Å². The molecule has 0 saturated carbocycles. The Labute approximate surface area is 119 Å². The number of hydrogen-bond donors (Lipinski definition) is 0. The number of carbonyl (C=O) groups excluding carboxylic acids is 1. The van der Waals surface area contributed by atoms with Crippen LogP contribution >= 0.6 is 15.9 Å². The number of halogens is 1. The highest BCUT2D eigenvalue weighted by molar-refractivity contribution is 9.10. The summed E-state index contributed by atoms with van der Waals surface area (Å²) in [5.41, 5.74) is 0.785. The van der Waals surface area contributed by atoms with Gasteiger partial charge in [0.05, 0.1) is 6.04 Å². The molecule has 1 rings (SSSR count). The van der Waals surface area contributed by atoms with Crippen molar-refractivity contribution >= 4 is 21.7 Å². The predicted octanol–water partition coefficient (Wildman–Crippen LogP) is 4.00. The average Bonchev–Trinajstić information content (AvgIpc) is 2.35. The molecule has 0 aliphatic rings. The summed E-state index contributed by atoms with van der Waals surface area (Å²) >= 11 is 3.39. The second kappa shape index (κ2) is 7.05. The maximum absolute atomic E-state index is 12.4. The van der Waals surface area contributed by atoms with Gasteiger partial charge in [-0.05, 0) is 31.5 Å². The van der Waals surface area contributed by atoms with Crippen molar-refractivity contribution < 1.29 is 4.79 Å². The number of rotatable bonds is 6. The zero-order chi connectivity index (χ0) is 13.7. The standard InChI is InChI=1S/C15H22BrNO/c1-5-17(10-11(2)3)12(4)15(18)13-6-8-14(16)9-7-13/h6-9,11-12H,5,10H2,1-4H3. The van der Waals surface area contributed by atoms with Crippen molar-refractivity contribution in [2.24, 2.45) is 5.92 Å². The lowest BCUT2D eigenvalue weighted by atomic mass is 10.0. The van der Waals surface area contributed by atoms with Crippen LogP contribution in [0.5, 0.6) is 0 Å². The van der Waals surface area contributed by atoms with Gasteiger partial charge < -0.3 is 0 Å². The maximum atomic E-state index is 12.4. The fourth-order valence-corrected chi connectivity index (χ4v) is 2.32. The summed E-state index contributed by atoms with van der Waals surface area (Å²) in [6.45, 7) is 10.3. The Kier molecular flexibility index (Phi) is 6.03. The Bertz CT molecular complexity index is 386. The van der Waals surface area contributed by atoms with Crippen molar-refractivity contribution in [3.63, 3.8) is 0 Å². The first-order valence-corrected chi connectivity index (χ1v) is 7.28. The van der Waals surface area contributed by atoms with E-state index in [1.807, 2.05) is 31.2 Å². The smallest absolute Gasteiger partial charge is 0.179 e. The molecule has 0 saturated heterocycles. The molecule has 0 aliphatic carbocycles. The third-order valence-corrected chi connectivity index (χ3v) is 3.59. The molecule has 0 N–H and O–H groups in total. The van der Waals surface area contributed by atoms with E-state index in [4.69, 9.17) is 0 Å². The Morgan fingerprint density at radius 3 is 2.22 bits per heavy atom. The largest absolute Gasteiger partial charge is 0.294 e. The lowest BCUT2D eigenvalue weighted by Crippen LogP contribution is -2.41. The van der Waals surface area contributed by atoms with Gasteiger partial charge in [0.1, 0.15) is 0 Å². The van der Waals surface area contributed by atoms with Crippen LogP contribution in [0, 0.1) is 5.92 Å². The lowest BCUT2D eigenvalue weighted by molar-refractivity contribution is 0.0829. The van der Waals surface area contributed by atoms with Crippen LogP contribution in [0.3, 0.4) is 0 Å². The molecule has 0 fully saturated rings. The van der Waals surface area contributed by atoms with Gasteiger partial charge in [0.15, 0.2) is 5.78 Å². The number of nitrogens with zero attached hydrogens (tertiary/aromatic N) is 1. The van der Waals surface area contributed by atoms with E-state index in [2.05, 4.69) is 41.6 Å². The summed E-state index contributed by atoms with van der Waals surface area (Å²) in [6.07, 6.45) is 0. The molecule has 0 spiro atoms. The Morgan fingerprint density at radius 2 is 1.78 bits per heavy atom. The van der Waals surface area contributed by atoms with Crippen LogP contribution in [-0.2, 0) is 0 Å².